The van der Waals surface area contributed by atoms with Crippen molar-refractivity contribution in [2.75, 3.05) is 5.32 Å². The van der Waals surface area contributed by atoms with Gasteiger partial charge in [-0.3, -0.25) is 4.79 Å². The summed E-state index contributed by atoms with van der Waals surface area (Å²) in [6, 6.07) is 10.5. The molecule has 2 aromatic heterocycles. The molecule has 1 amide bonds. The molecule has 0 unspecified atom stereocenters. The topological polar surface area (TPSA) is 59.3 Å². The highest BCUT2D eigenvalue weighted by Gasteiger charge is 2.12. The molecule has 0 atom stereocenters. The minimum absolute atomic E-state index is 0.254. The van der Waals surface area contributed by atoms with Gasteiger partial charge in [-0.25, -0.2) is 9.50 Å². The standard InChI is InChI=1S/C15H13ClN4O/c1-2-12-9-13(19-14-7-8-17-20(12)14)15(21)18-11-5-3-10(16)4-6-11/h3-9H,2H2,1H3,(H,18,21). The summed E-state index contributed by atoms with van der Waals surface area (Å²) in [6.45, 7) is 2.01. The van der Waals surface area contributed by atoms with E-state index >= 15 is 0 Å². The Balaban J connectivity index is 1.92. The first-order valence-corrected chi connectivity index (χ1v) is 6.96. The van der Waals surface area contributed by atoms with E-state index in [0.29, 0.717) is 22.1 Å². The van der Waals surface area contributed by atoms with Crippen LogP contribution >= 0.6 is 11.6 Å². The first-order chi connectivity index (χ1) is 10.2. The highest BCUT2D eigenvalue weighted by Crippen LogP contribution is 2.15. The fourth-order valence-corrected chi connectivity index (χ4v) is 2.20. The number of aromatic nitrogens is 3. The molecule has 6 heteroatoms. The molecule has 3 aromatic rings. The molecule has 0 fully saturated rings. The van der Waals surface area contributed by atoms with Gasteiger partial charge in [-0.1, -0.05) is 18.5 Å². The van der Waals surface area contributed by atoms with Crippen LogP contribution < -0.4 is 5.32 Å². The summed E-state index contributed by atoms with van der Waals surface area (Å²) in [5.74, 6) is -0.254. The molecule has 0 aliphatic heterocycles. The first-order valence-electron chi connectivity index (χ1n) is 6.58. The lowest BCUT2D eigenvalue weighted by atomic mass is 10.2. The van der Waals surface area contributed by atoms with Crippen LogP contribution in [-0.4, -0.2) is 20.5 Å². The van der Waals surface area contributed by atoms with E-state index in [4.69, 9.17) is 11.6 Å². The Kier molecular flexibility index (Phi) is 3.58. The zero-order valence-electron chi connectivity index (χ0n) is 11.4. The molecule has 106 valence electrons. The molecule has 3 rings (SSSR count). The van der Waals surface area contributed by atoms with E-state index in [0.717, 1.165) is 12.1 Å². The number of aryl methyl sites for hydroxylation is 1. The molecule has 21 heavy (non-hydrogen) atoms. The molecule has 5 nitrogen and oxygen atoms in total. The van der Waals surface area contributed by atoms with Crippen molar-refractivity contribution < 1.29 is 4.79 Å². The lowest BCUT2D eigenvalue weighted by molar-refractivity contribution is 0.102. The monoisotopic (exact) mass is 300 g/mol. The second-order valence-electron chi connectivity index (χ2n) is 4.55. The third-order valence-corrected chi connectivity index (χ3v) is 3.38. The van der Waals surface area contributed by atoms with E-state index in [1.165, 1.54) is 0 Å². The molecule has 2 heterocycles. The number of fused-ring (bicyclic) bond motifs is 1. The van der Waals surface area contributed by atoms with Crippen molar-refractivity contribution in [3.05, 3.63) is 59.0 Å². The number of hydrogen-bond donors (Lipinski definition) is 1. The average Bonchev–Trinajstić information content (AvgIpc) is 2.97. The van der Waals surface area contributed by atoms with Crippen molar-refractivity contribution >= 4 is 28.8 Å². The van der Waals surface area contributed by atoms with Crippen molar-refractivity contribution in [1.82, 2.24) is 14.6 Å². The highest BCUT2D eigenvalue weighted by atomic mass is 35.5. The second kappa shape index (κ2) is 5.54. The first kappa shape index (κ1) is 13.6. The molecule has 1 aromatic carbocycles. The Morgan fingerprint density at radius 1 is 1.29 bits per heavy atom. The molecule has 0 bridgehead atoms. The van der Waals surface area contributed by atoms with Gasteiger partial charge >= 0.3 is 0 Å². The van der Waals surface area contributed by atoms with Crippen molar-refractivity contribution in [2.24, 2.45) is 0 Å². The predicted molar refractivity (Wildman–Crippen MR) is 81.8 cm³/mol. The fourth-order valence-electron chi connectivity index (χ4n) is 2.07. The molecule has 0 saturated heterocycles. The van der Waals surface area contributed by atoms with E-state index in [-0.39, 0.29) is 5.91 Å². The van der Waals surface area contributed by atoms with Crippen LogP contribution in [0, 0.1) is 0 Å². The maximum Gasteiger partial charge on any atom is 0.274 e. The Hall–Kier alpha value is -2.40. The number of anilines is 1. The van der Waals surface area contributed by atoms with Crippen LogP contribution in [-0.2, 0) is 6.42 Å². The Bertz CT molecular complexity index is 795. The largest absolute Gasteiger partial charge is 0.321 e. The van der Waals surface area contributed by atoms with Gasteiger partial charge in [0.15, 0.2) is 5.65 Å². The van der Waals surface area contributed by atoms with Gasteiger partial charge in [-0.2, -0.15) is 5.10 Å². The molecule has 0 spiro atoms. The lowest BCUT2D eigenvalue weighted by Crippen LogP contribution is -2.15. The third kappa shape index (κ3) is 2.73. The van der Waals surface area contributed by atoms with E-state index in [1.807, 2.05) is 6.92 Å². The molecular formula is C15H13ClN4O. The SMILES string of the molecule is CCc1cc(C(=O)Nc2ccc(Cl)cc2)nc2ccnn12. The van der Waals surface area contributed by atoms with Crippen LogP contribution in [0.15, 0.2) is 42.6 Å². The minimum atomic E-state index is -0.254. The maximum atomic E-state index is 12.3. The van der Waals surface area contributed by atoms with Gasteiger partial charge in [-0.15, -0.1) is 0 Å². The van der Waals surface area contributed by atoms with E-state index in [2.05, 4.69) is 15.4 Å². The van der Waals surface area contributed by atoms with Crippen LogP contribution in [0.25, 0.3) is 5.65 Å². The summed E-state index contributed by atoms with van der Waals surface area (Å²) in [7, 11) is 0. The van der Waals surface area contributed by atoms with E-state index in [1.54, 1.807) is 47.1 Å². The number of carbonyl (C=O) groups is 1. The maximum absolute atomic E-state index is 12.3. The highest BCUT2D eigenvalue weighted by molar-refractivity contribution is 6.30. The fraction of sp³-hybridized carbons (Fsp3) is 0.133. The van der Waals surface area contributed by atoms with Gasteiger partial charge in [0.05, 0.1) is 6.20 Å². The summed E-state index contributed by atoms with van der Waals surface area (Å²) in [5.41, 5.74) is 2.65. The normalized spacial score (nSPS) is 10.8. The van der Waals surface area contributed by atoms with Crippen molar-refractivity contribution in [2.45, 2.75) is 13.3 Å². The number of hydrogen-bond acceptors (Lipinski definition) is 3. The zero-order valence-corrected chi connectivity index (χ0v) is 12.1. The minimum Gasteiger partial charge on any atom is -0.321 e. The van der Waals surface area contributed by atoms with Crippen LogP contribution in [0.1, 0.15) is 23.1 Å². The van der Waals surface area contributed by atoms with Crippen LogP contribution in [0.3, 0.4) is 0 Å². The summed E-state index contributed by atoms with van der Waals surface area (Å²) in [6.07, 6.45) is 2.43. The van der Waals surface area contributed by atoms with E-state index in [9.17, 15) is 4.79 Å². The van der Waals surface area contributed by atoms with Gasteiger partial charge in [0.1, 0.15) is 5.69 Å². The summed E-state index contributed by atoms with van der Waals surface area (Å²) < 4.78 is 1.74. The molecule has 0 radical (unpaired) electrons. The molecule has 0 aliphatic rings. The van der Waals surface area contributed by atoms with Gasteiger partial charge < -0.3 is 5.32 Å². The number of nitrogens with zero attached hydrogens (tertiary/aromatic N) is 3. The Morgan fingerprint density at radius 2 is 2.05 bits per heavy atom. The van der Waals surface area contributed by atoms with Gasteiger partial charge in [-0.05, 0) is 36.8 Å². The lowest BCUT2D eigenvalue weighted by Gasteiger charge is -2.07. The number of rotatable bonds is 3. The molecule has 1 N–H and O–H groups in total. The van der Waals surface area contributed by atoms with Gasteiger partial charge in [0.2, 0.25) is 0 Å². The number of benzene rings is 1. The van der Waals surface area contributed by atoms with Crippen LogP contribution in [0.4, 0.5) is 5.69 Å². The summed E-state index contributed by atoms with van der Waals surface area (Å²) >= 11 is 5.82. The number of halogens is 1. The third-order valence-electron chi connectivity index (χ3n) is 3.13. The second-order valence-corrected chi connectivity index (χ2v) is 4.98. The Labute approximate surface area is 126 Å². The molecular weight excluding hydrogens is 288 g/mol. The van der Waals surface area contributed by atoms with Crippen molar-refractivity contribution in [1.29, 1.82) is 0 Å². The number of amides is 1. The van der Waals surface area contributed by atoms with Crippen molar-refractivity contribution in [3.8, 4) is 0 Å². The van der Waals surface area contributed by atoms with Gasteiger partial charge in [0.25, 0.3) is 5.91 Å². The molecule has 0 aliphatic carbocycles. The smallest absolute Gasteiger partial charge is 0.274 e. The number of carbonyl (C=O) groups excluding carboxylic acids is 1. The van der Waals surface area contributed by atoms with Gasteiger partial charge in [0, 0.05) is 22.5 Å². The van der Waals surface area contributed by atoms with Crippen molar-refractivity contribution in [3.63, 3.8) is 0 Å². The zero-order chi connectivity index (χ0) is 14.8. The quantitative estimate of drug-likeness (QED) is 0.808. The van der Waals surface area contributed by atoms with Crippen LogP contribution in [0.5, 0.6) is 0 Å². The predicted octanol–water partition coefficient (Wildman–Crippen LogP) is 3.20. The summed E-state index contributed by atoms with van der Waals surface area (Å²) in [5, 5.41) is 7.62. The average molecular weight is 301 g/mol. The number of nitrogens with one attached hydrogen (secondary N) is 1. The molecule has 0 saturated carbocycles. The van der Waals surface area contributed by atoms with E-state index < -0.39 is 0 Å². The Morgan fingerprint density at radius 3 is 2.76 bits per heavy atom. The van der Waals surface area contributed by atoms with Crippen LogP contribution in [0.2, 0.25) is 5.02 Å². The summed E-state index contributed by atoms with van der Waals surface area (Å²) in [4.78, 5) is 16.6.